The average Bonchev–Trinajstić information content (AvgIpc) is 2.75. The zero-order chi connectivity index (χ0) is 12.7. The quantitative estimate of drug-likeness (QED) is 0.764. The van der Waals surface area contributed by atoms with Gasteiger partial charge in [-0.25, -0.2) is 0 Å². The van der Waals surface area contributed by atoms with E-state index in [0.29, 0.717) is 18.9 Å². The highest BCUT2D eigenvalue weighted by molar-refractivity contribution is 7.10. The number of thiophene rings is 1. The lowest BCUT2D eigenvalue weighted by Crippen LogP contribution is -2.31. The van der Waals surface area contributed by atoms with Gasteiger partial charge >= 0.3 is 0 Å². The Morgan fingerprint density at radius 3 is 2.94 bits per heavy atom. The predicted molar refractivity (Wildman–Crippen MR) is 71.8 cm³/mol. The number of carbonyl (C=O) groups is 1. The van der Waals surface area contributed by atoms with E-state index in [4.69, 9.17) is 0 Å². The molecule has 1 atom stereocenters. The SMILES string of the molecule is CC(C)CC(O)CNC(=O)/C=C/c1cccs1. The third-order valence-electron chi connectivity index (χ3n) is 2.20. The molecule has 2 N–H and O–H groups in total. The van der Waals surface area contributed by atoms with Gasteiger partial charge in [-0.1, -0.05) is 19.9 Å². The van der Waals surface area contributed by atoms with E-state index in [-0.39, 0.29) is 5.91 Å². The Bertz CT molecular complexity index is 358. The summed E-state index contributed by atoms with van der Waals surface area (Å²) in [5.41, 5.74) is 0. The molecule has 1 amide bonds. The molecule has 0 aliphatic rings. The summed E-state index contributed by atoms with van der Waals surface area (Å²) in [4.78, 5) is 12.5. The molecule has 0 radical (unpaired) electrons. The third kappa shape index (κ3) is 6.24. The van der Waals surface area contributed by atoms with E-state index in [0.717, 1.165) is 4.88 Å². The summed E-state index contributed by atoms with van der Waals surface area (Å²) in [6, 6.07) is 3.89. The van der Waals surface area contributed by atoms with Crippen LogP contribution in [0.2, 0.25) is 0 Å². The van der Waals surface area contributed by atoms with Gasteiger partial charge in [0, 0.05) is 17.5 Å². The average molecular weight is 253 g/mol. The third-order valence-corrected chi connectivity index (χ3v) is 3.04. The molecule has 1 heterocycles. The summed E-state index contributed by atoms with van der Waals surface area (Å²) in [7, 11) is 0. The van der Waals surface area contributed by atoms with E-state index < -0.39 is 6.10 Å². The molecule has 1 unspecified atom stereocenters. The molecule has 1 rings (SSSR count). The predicted octanol–water partition coefficient (Wildman–Crippen LogP) is 2.28. The van der Waals surface area contributed by atoms with Crippen molar-refractivity contribution in [3.63, 3.8) is 0 Å². The minimum absolute atomic E-state index is 0.166. The zero-order valence-corrected chi connectivity index (χ0v) is 11.0. The van der Waals surface area contributed by atoms with Crippen molar-refractivity contribution in [3.05, 3.63) is 28.5 Å². The van der Waals surface area contributed by atoms with E-state index in [1.807, 2.05) is 31.4 Å². The lowest BCUT2D eigenvalue weighted by atomic mass is 10.1. The Hall–Kier alpha value is -1.13. The van der Waals surface area contributed by atoms with Crippen LogP contribution in [-0.2, 0) is 4.79 Å². The Labute approximate surface area is 106 Å². The monoisotopic (exact) mass is 253 g/mol. The molecule has 4 heteroatoms. The summed E-state index contributed by atoms with van der Waals surface area (Å²) in [5.74, 6) is 0.268. The highest BCUT2D eigenvalue weighted by Gasteiger charge is 2.07. The molecule has 0 saturated carbocycles. The van der Waals surface area contributed by atoms with E-state index in [1.165, 1.54) is 6.08 Å². The van der Waals surface area contributed by atoms with E-state index in [1.54, 1.807) is 17.4 Å². The smallest absolute Gasteiger partial charge is 0.244 e. The summed E-state index contributed by atoms with van der Waals surface area (Å²) < 4.78 is 0. The van der Waals surface area contributed by atoms with E-state index in [2.05, 4.69) is 5.32 Å². The van der Waals surface area contributed by atoms with Crippen LogP contribution in [0.5, 0.6) is 0 Å². The summed E-state index contributed by atoms with van der Waals surface area (Å²) >= 11 is 1.58. The van der Waals surface area contributed by atoms with Crippen molar-refractivity contribution >= 4 is 23.3 Å². The second-order valence-electron chi connectivity index (χ2n) is 4.38. The molecule has 0 spiro atoms. The topological polar surface area (TPSA) is 49.3 Å². The van der Waals surface area contributed by atoms with Crippen molar-refractivity contribution in [1.82, 2.24) is 5.32 Å². The van der Waals surface area contributed by atoms with Gasteiger partial charge in [0.25, 0.3) is 0 Å². The minimum atomic E-state index is -0.464. The van der Waals surface area contributed by atoms with Crippen LogP contribution >= 0.6 is 11.3 Å². The zero-order valence-electron chi connectivity index (χ0n) is 10.2. The lowest BCUT2D eigenvalue weighted by molar-refractivity contribution is -0.116. The Balaban J connectivity index is 2.26. The summed E-state index contributed by atoms with van der Waals surface area (Å²) in [6.45, 7) is 4.40. The molecule has 0 aromatic carbocycles. The number of hydrogen-bond donors (Lipinski definition) is 2. The van der Waals surface area contributed by atoms with Crippen molar-refractivity contribution in [2.45, 2.75) is 26.4 Å². The first kappa shape index (κ1) is 13.9. The van der Waals surface area contributed by atoms with Gasteiger partial charge in [0.1, 0.15) is 0 Å². The first-order chi connectivity index (χ1) is 8.08. The van der Waals surface area contributed by atoms with Crippen LogP contribution in [0.4, 0.5) is 0 Å². The van der Waals surface area contributed by atoms with E-state index >= 15 is 0 Å². The molecule has 0 saturated heterocycles. The second-order valence-corrected chi connectivity index (χ2v) is 5.36. The fraction of sp³-hybridized carbons (Fsp3) is 0.462. The molecular formula is C13H19NO2S. The number of aliphatic hydroxyl groups excluding tert-OH is 1. The van der Waals surface area contributed by atoms with Crippen LogP contribution in [-0.4, -0.2) is 23.7 Å². The molecule has 0 aliphatic heterocycles. The molecule has 1 aromatic heterocycles. The number of rotatable bonds is 6. The van der Waals surface area contributed by atoms with Crippen molar-refractivity contribution in [3.8, 4) is 0 Å². The molecule has 1 aromatic rings. The van der Waals surface area contributed by atoms with Crippen molar-refractivity contribution in [2.75, 3.05) is 6.54 Å². The first-order valence-corrected chi connectivity index (χ1v) is 6.63. The number of carbonyl (C=O) groups excluding carboxylic acids is 1. The Kier molecular flexibility index (Phi) is 5.94. The van der Waals surface area contributed by atoms with Gasteiger partial charge in [-0.2, -0.15) is 0 Å². The van der Waals surface area contributed by atoms with E-state index in [9.17, 15) is 9.90 Å². The Morgan fingerprint density at radius 1 is 1.59 bits per heavy atom. The van der Waals surface area contributed by atoms with Gasteiger partial charge in [-0.15, -0.1) is 11.3 Å². The van der Waals surface area contributed by atoms with Crippen molar-refractivity contribution in [1.29, 1.82) is 0 Å². The highest BCUT2D eigenvalue weighted by atomic mass is 32.1. The number of nitrogens with one attached hydrogen (secondary N) is 1. The van der Waals surface area contributed by atoms with Crippen molar-refractivity contribution in [2.24, 2.45) is 5.92 Å². The van der Waals surface area contributed by atoms with Gasteiger partial charge in [0.2, 0.25) is 5.91 Å². The van der Waals surface area contributed by atoms with Crippen LogP contribution < -0.4 is 5.32 Å². The fourth-order valence-electron chi connectivity index (χ4n) is 1.45. The van der Waals surface area contributed by atoms with Gasteiger partial charge < -0.3 is 10.4 Å². The molecule has 0 aliphatic carbocycles. The first-order valence-electron chi connectivity index (χ1n) is 5.75. The summed E-state index contributed by atoms with van der Waals surface area (Å²) in [5, 5.41) is 14.2. The highest BCUT2D eigenvalue weighted by Crippen LogP contribution is 2.09. The van der Waals surface area contributed by atoms with Crippen LogP contribution in [0.25, 0.3) is 6.08 Å². The number of hydrogen-bond acceptors (Lipinski definition) is 3. The summed E-state index contributed by atoms with van der Waals surface area (Å²) in [6.07, 6.45) is 3.51. The fourth-order valence-corrected chi connectivity index (χ4v) is 2.07. The van der Waals surface area contributed by atoms with Gasteiger partial charge in [0.15, 0.2) is 0 Å². The van der Waals surface area contributed by atoms with Crippen LogP contribution in [0.1, 0.15) is 25.1 Å². The maximum absolute atomic E-state index is 11.4. The Morgan fingerprint density at radius 2 is 2.35 bits per heavy atom. The lowest BCUT2D eigenvalue weighted by Gasteiger charge is -2.12. The molecule has 0 fully saturated rings. The molecule has 0 bridgehead atoms. The largest absolute Gasteiger partial charge is 0.391 e. The normalized spacial score (nSPS) is 13.2. The van der Waals surface area contributed by atoms with Gasteiger partial charge in [-0.05, 0) is 29.9 Å². The maximum atomic E-state index is 11.4. The molecule has 17 heavy (non-hydrogen) atoms. The maximum Gasteiger partial charge on any atom is 0.244 e. The number of aliphatic hydroxyl groups is 1. The van der Waals surface area contributed by atoms with Gasteiger partial charge in [0.05, 0.1) is 6.10 Å². The molecule has 94 valence electrons. The van der Waals surface area contributed by atoms with Crippen LogP contribution in [0.15, 0.2) is 23.6 Å². The van der Waals surface area contributed by atoms with Crippen LogP contribution in [0, 0.1) is 5.92 Å². The second kappa shape index (κ2) is 7.25. The minimum Gasteiger partial charge on any atom is -0.391 e. The van der Waals surface area contributed by atoms with Crippen molar-refractivity contribution < 1.29 is 9.90 Å². The van der Waals surface area contributed by atoms with Gasteiger partial charge in [-0.3, -0.25) is 4.79 Å². The molecule has 3 nitrogen and oxygen atoms in total. The molecular weight excluding hydrogens is 234 g/mol. The van der Waals surface area contributed by atoms with Crippen LogP contribution in [0.3, 0.4) is 0 Å². The standard InChI is InChI=1S/C13H19NO2S/c1-10(2)8-11(15)9-14-13(16)6-5-12-4-3-7-17-12/h3-7,10-11,15H,8-9H2,1-2H3,(H,14,16)/b6-5+. The number of amides is 1.